The van der Waals surface area contributed by atoms with E-state index in [1.807, 2.05) is 0 Å². The van der Waals surface area contributed by atoms with Crippen LogP contribution in [0.1, 0.15) is 29.6 Å². The Hall–Kier alpha value is -1.31. The van der Waals surface area contributed by atoms with Gasteiger partial charge in [-0.3, -0.25) is 4.79 Å². The number of carbonyl (C=O) groups excluding carboxylic acids is 1. The van der Waals surface area contributed by atoms with Crippen LogP contribution >= 0.6 is 11.6 Å². The zero-order valence-electron chi connectivity index (χ0n) is 11.6. The van der Waals surface area contributed by atoms with E-state index in [1.54, 1.807) is 0 Å². The fraction of sp³-hybridized carbons (Fsp3) is 0.462. The summed E-state index contributed by atoms with van der Waals surface area (Å²) >= 11 is 5.87. The van der Waals surface area contributed by atoms with Gasteiger partial charge in [-0.05, 0) is 30.9 Å². The number of rotatable bonds is 5. The highest BCUT2D eigenvalue weighted by Gasteiger charge is 2.24. The first kappa shape index (κ1) is 16.1. The van der Waals surface area contributed by atoms with E-state index >= 15 is 0 Å². The van der Waals surface area contributed by atoms with Gasteiger partial charge in [0.2, 0.25) is 10.0 Å². The predicted octanol–water partition coefficient (Wildman–Crippen LogP) is 1.53. The van der Waals surface area contributed by atoms with Crippen molar-refractivity contribution in [3.8, 4) is 5.75 Å². The van der Waals surface area contributed by atoms with Crippen LogP contribution in [0.4, 0.5) is 0 Å². The molecular formula is C13H17ClN2O4S. The molecule has 6 nitrogen and oxygen atoms in total. The maximum Gasteiger partial charge on any atom is 0.255 e. The first-order valence-electron chi connectivity index (χ1n) is 6.51. The van der Waals surface area contributed by atoms with Gasteiger partial charge in [0.1, 0.15) is 4.90 Å². The first-order chi connectivity index (χ1) is 9.82. The number of methoxy groups -OCH3 is 1. The molecule has 0 unspecified atom stereocenters. The number of nitrogens with one attached hydrogen (secondary N) is 1. The molecule has 21 heavy (non-hydrogen) atoms. The smallest absolute Gasteiger partial charge is 0.255 e. The summed E-state index contributed by atoms with van der Waals surface area (Å²) in [5.41, 5.74) is 0.0633. The largest absolute Gasteiger partial charge is 0.494 e. The number of carbonyl (C=O) groups is 1. The van der Waals surface area contributed by atoms with E-state index in [0.717, 1.165) is 12.8 Å². The van der Waals surface area contributed by atoms with E-state index < -0.39 is 15.9 Å². The number of hydrogen-bond acceptors (Lipinski definition) is 4. The quantitative estimate of drug-likeness (QED) is 0.854. The van der Waals surface area contributed by atoms with E-state index in [-0.39, 0.29) is 21.2 Å². The van der Waals surface area contributed by atoms with Gasteiger partial charge in [-0.1, -0.05) is 18.0 Å². The second-order valence-electron chi connectivity index (χ2n) is 5.04. The van der Waals surface area contributed by atoms with Crippen molar-refractivity contribution >= 4 is 27.5 Å². The molecule has 1 aromatic rings. The maximum atomic E-state index is 12.2. The lowest BCUT2D eigenvalue weighted by Crippen LogP contribution is -2.32. The Labute approximate surface area is 128 Å². The predicted molar refractivity (Wildman–Crippen MR) is 79.1 cm³/mol. The van der Waals surface area contributed by atoms with E-state index in [4.69, 9.17) is 21.5 Å². The van der Waals surface area contributed by atoms with Crippen LogP contribution in [-0.2, 0) is 10.0 Å². The second-order valence-corrected chi connectivity index (χ2v) is 7.00. The molecule has 0 radical (unpaired) electrons. The summed E-state index contributed by atoms with van der Waals surface area (Å²) in [7, 11) is -2.76. The lowest BCUT2D eigenvalue weighted by molar-refractivity contribution is 0.0935. The lowest BCUT2D eigenvalue weighted by atomic mass is 9.85. The molecule has 0 bridgehead atoms. The Kier molecular flexibility index (Phi) is 4.75. The van der Waals surface area contributed by atoms with Crippen molar-refractivity contribution < 1.29 is 17.9 Å². The first-order valence-corrected chi connectivity index (χ1v) is 8.44. The third-order valence-electron chi connectivity index (χ3n) is 3.55. The standard InChI is InChI=1S/C13H17ClN2O4S/c1-20-12-10(13(17)16-7-8-3-2-4-8)5-9(14)6-11(12)21(15,18)19/h5-6,8H,2-4,7H2,1H3,(H,16,17)(H2,15,18,19). The number of amides is 1. The summed E-state index contributed by atoms with van der Waals surface area (Å²) in [6.07, 6.45) is 3.36. The van der Waals surface area contributed by atoms with Crippen LogP contribution in [0.15, 0.2) is 17.0 Å². The number of ether oxygens (including phenoxy) is 1. The van der Waals surface area contributed by atoms with Crippen LogP contribution in [0.3, 0.4) is 0 Å². The van der Waals surface area contributed by atoms with Crippen LogP contribution in [0.25, 0.3) is 0 Å². The highest BCUT2D eigenvalue weighted by molar-refractivity contribution is 7.89. The zero-order valence-corrected chi connectivity index (χ0v) is 13.1. The van der Waals surface area contributed by atoms with E-state index in [1.165, 1.54) is 25.7 Å². The Morgan fingerprint density at radius 3 is 2.62 bits per heavy atom. The normalized spacial score (nSPS) is 15.4. The fourth-order valence-corrected chi connectivity index (χ4v) is 3.21. The van der Waals surface area contributed by atoms with E-state index in [2.05, 4.69) is 5.32 Å². The lowest BCUT2D eigenvalue weighted by Gasteiger charge is -2.25. The van der Waals surface area contributed by atoms with Crippen molar-refractivity contribution in [3.05, 3.63) is 22.7 Å². The fourth-order valence-electron chi connectivity index (χ4n) is 2.19. The molecule has 0 atom stereocenters. The number of sulfonamides is 1. The Balaban J connectivity index is 2.32. The van der Waals surface area contributed by atoms with Crippen molar-refractivity contribution in [3.63, 3.8) is 0 Å². The number of nitrogens with two attached hydrogens (primary N) is 1. The Bertz CT molecular complexity index is 656. The monoisotopic (exact) mass is 332 g/mol. The van der Waals surface area contributed by atoms with E-state index in [9.17, 15) is 13.2 Å². The third-order valence-corrected chi connectivity index (χ3v) is 4.69. The molecule has 0 heterocycles. The van der Waals surface area contributed by atoms with Crippen LogP contribution in [0.2, 0.25) is 5.02 Å². The van der Waals surface area contributed by atoms with Gasteiger partial charge in [-0.25, -0.2) is 13.6 Å². The summed E-state index contributed by atoms with van der Waals surface area (Å²) in [6, 6.07) is 2.53. The molecule has 1 aliphatic carbocycles. The average Bonchev–Trinajstić information content (AvgIpc) is 2.34. The average molecular weight is 333 g/mol. The van der Waals surface area contributed by atoms with Gasteiger partial charge in [-0.2, -0.15) is 0 Å². The molecule has 0 saturated heterocycles. The molecular weight excluding hydrogens is 316 g/mol. The van der Waals surface area contributed by atoms with Gasteiger partial charge in [0.15, 0.2) is 5.75 Å². The van der Waals surface area contributed by atoms with Gasteiger partial charge in [0.25, 0.3) is 5.91 Å². The van der Waals surface area contributed by atoms with Gasteiger partial charge in [-0.15, -0.1) is 0 Å². The minimum Gasteiger partial charge on any atom is -0.494 e. The summed E-state index contributed by atoms with van der Waals surface area (Å²) in [4.78, 5) is 11.9. The van der Waals surface area contributed by atoms with Crippen molar-refractivity contribution in [2.24, 2.45) is 11.1 Å². The number of halogens is 1. The molecule has 1 fully saturated rings. The van der Waals surface area contributed by atoms with Gasteiger partial charge in [0.05, 0.1) is 12.7 Å². The van der Waals surface area contributed by atoms with Crippen LogP contribution < -0.4 is 15.2 Å². The molecule has 116 valence electrons. The van der Waals surface area contributed by atoms with Crippen molar-refractivity contribution in [1.82, 2.24) is 5.32 Å². The van der Waals surface area contributed by atoms with Crippen molar-refractivity contribution in [2.45, 2.75) is 24.2 Å². The van der Waals surface area contributed by atoms with E-state index in [0.29, 0.717) is 12.5 Å². The van der Waals surface area contributed by atoms with Crippen LogP contribution in [0, 0.1) is 5.92 Å². The second kappa shape index (κ2) is 6.21. The highest BCUT2D eigenvalue weighted by Crippen LogP contribution is 2.31. The van der Waals surface area contributed by atoms with Gasteiger partial charge < -0.3 is 10.1 Å². The molecule has 1 aliphatic rings. The molecule has 0 aromatic heterocycles. The molecule has 8 heteroatoms. The van der Waals surface area contributed by atoms with Crippen molar-refractivity contribution in [1.29, 1.82) is 0 Å². The topological polar surface area (TPSA) is 98.5 Å². The number of benzene rings is 1. The zero-order chi connectivity index (χ0) is 15.6. The highest BCUT2D eigenvalue weighted by atomic mass is 35.5. The summed E-state index contributed by atoms with van der Waals surface area (Å²) in [5, 5.41) is 8.00. The maximum absolute atomic E-state index is 12.2. The van der Waals surface area contributed by atoms with Gasteiger partial charge >= 0.3 is 0 Å². The molecule has 0 aliphatic heterocycles. The molecule has 1 saturated carbocycles. The minimum atomic E-state index is -4.04. The number of hydrogen-bond donors (Lipinski definition) is 2. The SMILES string of the molecule is COc1c(C(=O)NCC2CCC2)cc(Cl)cc1S(N)(=O)=O. The molecule has 1 aromatic carbocycles. The summed E-state index contributed by atoms with van der Waals surface area (Å²) in [5.74, 6) is -0.0315. The van der Waals surface area contributed by atoms with Crippen molar-refractivity contribution in [2.75, 3.05) is 13.7 Å². The summed E-state index contributed by atoms with van der Waals surface area (Å²) in [6.45, 7) is 0.555. The molecule has 2 rings (SSSR count). The van der Waals surface area contributed by atoms with Crippen LogP contribution in [0.5, 0.6) is 5.75 Å². The van der Waals surface area contributed by atoms with Crippen LogP contribution in [-0.4, -0.2) is 28.0 Å². The Morgan fingerprint density at radius 2 is 2.14 bits per heavy atom. The Morgan fingerprint density at radius 1 is 1.48 bits per heavy atom. The minimum absolute atomic E-state index is 0.0633. The molecule has 3 N–H and O–H groups in total. The van der Waals surface area contributed by atoms with Gasteiger partial charge in [0, 0.05) is 11.6 Å². The molecule has 1 amide bonds. The molecule has 0 spiro atoms. The third kappa shape index (κ3) is 3.66. The summed E-state index contributed by atoms with van der Waals surface area (Å²) < 4.78 is 28.2. The number of primary sulfonamides is 1.